The third-order valence-electron chi connectivity index (χ3n) is 7.11. The van der Waals surface area contributed by atoms with Gasteiger partial charge in [-0.2, -0.15) is 0 Å². The number of likely N-dealkylation sites (N-methyl/N-ethyl adjacent to an activating group) is 1. The maximum absolute atomic E-state index is 14.1. The lowest BCUT2D eigenvalue weighted by Gasteiger charge is -2.36. The van der Waals surface area contributed by atoms with Crippen molar-refractivity contribution in [3.63, 3.8) is 0 Å². The first-order valence-corrected chi connectivity index (χ1v) is 12.8. The Morgan fingerprint density at radius 1 is 1.19 bits per heavy atom. The lowest BCUT2D eigenvalue weighted by atomic mass is 9.91. The number of aryl methyl sites for hydroxylation is 2. The lowest BCUT2D eigenvalue weighted by Crippen LogP contribution is -2.46. The minimum atomic E-state index is -0.716. The molecule has 2 aliphatic rings. The fourth-order valence-electron chi connectivity index (χ4n) is 5.27. The van der Waals surface area contributed by atoms with Crippen molar-refractivity contribution in [2.45, 2.75) is 38.8 Å². The zero-order chi connectivity index (χ0) is 26.3. The average Bonchev–Trinajstić information content (AvgIpc) is 3.36. The molecule has 2 N–H and O–H groups in total. The molecule has 0 spiro atoms. The summed E-state index contributed by atoms with van der Waals surface area (Å²) in [5.74, 6) is -0.564. The number of benzene rings is 3. The first-order valence-electron chi connectivity index (χ1n) is 12.4. The lowest BCUT2D eigenvalue weighted by molar-refractivity contribution is -0.131. The quantitative estimate of drug-likeness (QED) is 0.439. The Balaban J connectivity index is 1.63. The number of nitrogens with one attached hydrogen (secondary N) is 1. The Hall–Kier alpha value is -3.42. The molecule has 6 nitrogen and oxygen atoms in total. The molecule has 5 rings (SSSR count). The van der Waals surface area contributed by atoms with Crippen molar-refractivity contribution in [2.75, 3.05) is 25.0 Å². The highest BCUT2D eigenvalue weighted by Crippen LogP contribution is 2.43. The molecule has 1 amide bonds. The van der Waals surface area contributed by atoms with Gasteiger partial charge in [0.25, 0.3) is 0 Å². The van der Waals surface area contributed by atoms with Gasteiger partial charge in [0.1, 0.15) is 17.6 Å². The summed E-state index contributed by atoms with van der Waals surface area (Å²) >= 11 is 6.39. The van der Waals surface area contributed by atoms with Gasteiger partial charge in [0.05, 0.1) is 12.0 Å². The predicted molar refractivity (Wildman–Crippen MR) is 146 cm³/mol. The van der Waals surface area contributed by atoms with Gasteiger partial charge in [-0.25, -0.2) is 9.38 Å². The van der Waals surface area contributed by atoms with Crippen molar-refractivity contribution < 1.29 is 14.3 Å². The number of carbonyl (C=O) groups is 1. The number of aromatic hydroxyl groups is 1. The maximum Gasteiger partial charge on any atom is 0.250 e. The van der Waals surface area contributed by atoms with E-state index in [1.807, 2.05) is 56.1 Å². The minimum Gasteiger partial charge on any atom is -0.507 e. The summed E-state index contributed by atoms with van der Waals surface area (Å²) in [7, 11) is 1.82. The molecule has 2 heterocycles. The van der Waals surface area contributed by atoms with Crippen LogP contribution in [0.1, 0.15) is 35.6 Å². The number of hydrogen-bond acceptors (Lipinski definition) is 5. The molecular formula is C29H30ClFN4O2. The van der Waals surface area contributed by atoms with Crippen LogP contribution in [0.5, 0.6) is 5.75 Å². The Morgan fingerprint density at radius 2 is 2.00 bits per heavy atom. The second-order valence-electron chi connectivity index (χ2n) is 9.94. The van der Waals surface area contributed by atoms with Gasteiger partial charge in [-0.1, -0.05) is 11.6 Å². The van der Waals surface area contributed by atoms with Gasteiger partial charge < -0.3 is 20.2 Å². The number of phenols is 1. The second kappa shape index (κ2) is 10.1. The van der Waals surface area contributed by atoms with Crippen molar-refractivity contribution in [1.29, 1.82) is 0 Å². The average molecular weight is 521 g/mol. The summed E-state index contributed by atoms with van der Waals surface area (Å²) in [5.41, 5.74) is 4.89. The van der Waals surface area contributed by atoms with Gasteiger partial charge in [-0.05, 0) is 98.5 Å². The summed E-state index contributed by atoms with van der Waals surface area (Å²) in [6.07, 6.45) is 3.80. The number of anilines is 1. The second-order valence-corrected chi connectivity index (χ2v) is 10.4. The number of aliphatic imine (C=N–C) groups is 1. The Labute approximate surface area is 221 Å². The predicted octanol–water partition coefficient (Wildman–Crippen LogP) is 5.90. The van der Waals surface area contributed by atoms with Gasteiger partial charge >= 0.3 is 0 Å². The van der Waals surface area contributed by atoms with Crippen LogP contribution in [0.3, 0.4) is 0 Å². The molecule has 37 heavy (non-hydrogen) atoms. The SMILES string of the molecule is Cc1cc(Cl)cc(N2C=Nc3cc(C)c(-c4cc(F)ccc4O)cc3C2C(=O)N(C)C[C@@H]2CCCN2)c1. The molecule has 2 atom stereocenters. The molecule has 0 radical (unpaired) electrons. The number of phenolic OH excluding ortho intramolecular Hbond substituents is 1. The summed E-state index contributed by atoms with van der Waals surface area (Å²) < 4.78 is 14.1. The van der Waals surface area contributed by atoms with E-state index in [1.165, 1.54) is 18.2 Å². The molecule has 0 bridgehead atoms. The fourth-order valence-corrected chi connectivity index (χ4v) is 5.55. The largest absolute Gasteiger partial charge is 0.507 e. The van der Waals surface area contributed by atoms with Gasteiger partial charge in [0.15, 0.2) is 0 Å². The van der Waals surface area contributed by atoms with Gasteiger partial charge in [0.2, 0.25) is 5.91 Å². The first kappa shape index (κ1) is 25.2. The summed E-state index contributed by atoms with van der Waals surface area (Å²) in [5, 5.41) is 14.6. The number of hydrogen-bond donors (Lipinski definition) is 2. The molecule has 0 saturated carbocycles. The van der Waals surface area contributed by atoms with Crippen molar-refractivity contribution >= 4 is 35.2 Å². The summed E-state index contributed by atoms with van der Waals surface area (Å²) in [4.78, 5) is 22.4. The monoisotopic (exact) mass is 520 g/mol. The fraction of sp³-hybridized carbons (Fsp3) is 0.310. The Morgan fingerprint density at radius 3 is 2.73 bits per heavy atom. The van der Waals surface area contributed by atoms with Gasteiger partial charge in [0, 0.05) is 41.5 Å². The van der Waals surface area contributed by atoms with Crippen LogP contribution in [0.25, 0.3) is 11.1 Å². The van der Waals surface area contributed by atoms with Crippen molar-refractivity contribution in [3.8, 4) is 16.9 Å². The molecule has 0 aliphatic carbocycles. The standard InChI is InChI=1S/C29H30ClFN4O2/c1-17-9-19(30)12-22(10-17)35-16-33-26-11-18(2)23(24-13-20(31)6-7-27(24)36)14-25(26)28(35)29(37)34(3)15-21-5-4-8-32-21/h6-7,9-14,16,21,28,32,36H,4-5,8,15H2,1-3H3/t21-,28?/m0/s1. The Kier molecular flexibility index (Phi) is 6.92. The molecule has 8 heteroatoms. The van der Waals surface area contributed by atoms with Crippen LogP contribution >= 0.6 is 11.6 Å². The van der Waals surface area contributed by atoms with E-state index in [4.69, 9.17) is 11.6 Å². The van der Waals surface area contributed by atoms with Crippen LogP contribution in [-0.4, -0.2) is 48.4 Å². The zero-order valence-corrected chi connectivity index (χ0v) is 21.9. The van der Waals surface area contributed by atoms with E-state index in [2.05, 4.69) is 10.3 Å². The summed E-state index contributed by atoms with van der Waals surface area (Å²) in [6.45, 7) is 5.39. The molecule has 3 aromatic carbocycles. The Bertz CT molecular complexity index is 1370. The summed E-state index contributed by atoms with van der Waals surface area (Å²) in [6, 6.07) is 12.8. The van der Waals surface area contributed by atoms with E-state index in [9.17, 15) is 14.3 Å². The van der Waals surface area contributed by atoms with Crippen LogP contribution in [0.4, 0.5) is 15.8 Å². The van der Waals surface area contributed by atoms with Gasteiger partial charge in [-0.3, -0.25) is 4.79 Å². The van der Waals surface area contributed by atoms with Gasteiger partial charge in [-0.15, -0.1) is 0 Å². The van der Waals surface area contributed by atoms with E-state index >= 15 is 0 Å². The minimum absolute atomic E-state index is 0.0293. The van der Waals surface area contributed by atoms with Crippen LogP contribution in [0, 0.1) is 19.7 Å². The van der Waals surface area contributed by atoms with Crippen molar-refractivity contribution in [1.82, 2.24) is 10.2 Å². The number of fused-ring (bicyclic) bond motifs is 1. The van der Waals surface area contributed by atoms with Crippen LogP contribution < -0.4 is 10.2 Å². The third-order valence-corrected chi connectivity index (χ3v) is 7.33. The molecule has 2 aliphatic heterocycles. The normalized spacial score (nSPS) is 18.7. The van der Waals surface area contributed by atoms with E-state index in [1.54, 1.807) is 11.2 Å². The topological polar surface area (TPSA) is 68.2 Å². The highest BCUT2D eigenvalue weighted by atomic mass is 35.5. The van der Waals surface area contributed by atoms with E-state index in [-0.39, 0.29) is 17.7 Å². The first-order chi connectivity index (χ1) is 17.7. The molecule has 192 valence electrons. The number of rotatable bonds is 5. The smallest absolute Gasteiger partial charge is 0.250 e. The van der Waals surface area contributed by atoms with Crippen molar-refractivity contribution in [2.24, 2.45) is 4.99 Å². The molecule has 3 aromatic rings. The zero-order valence-electron chi connectivity index (χ0n) is 21.1. The highest BCUT2D eigenvalue weighted by Gasteiger charge is 2.36. The molecule has 1 unspecified atom stereocenters. The molecule has 0 aromatic heterocycles. The van der Waals surface area contributed by atoms with Crippen LogP contribution in [0.2, 0.25) is 5.02 Å². The third kappa shape index (κ3) is 5.06. The highest BCUT2D eigenvalue weighted by molar-refractivity contribution is 6.31. The number of halogens is 2. The van der Waals surface area contributed by atoms with Crippen molar-refractivity contribution in [3.05, 3.63) is 76.1 Å². The number of amides is 1. The van der Waals surface area contributed by atoms with Crippen LogP contribution in [-0.2, 0) is 4.79 Å². The maximum atomic E-state index is 14.1. The van der Waals surface area contributed by atoms with E-state index < -0.39 is 11.9 Å². The van der Waals surface area contributed by atoms with E-state index in [0.29, 0.717) is 33.9 Å². The van der Waals surface area contributed by atoms with E-state index in [0.717, 1.165) is 36.2 Å². The molecular weight excluding hydrogens is 491 g/mol. The number of nitrogens with zero attached hydrogens (tertiary/aromatic N) is 3. The molecule has 1 fully saturated rings. The molecule has 1 saturated heterocycles. The number of carbonyl (C=O) groups excluding carboxylic acids is 1. The van der Waals surface area contributed by atoms with Crippen LogP contribution in [0.15, 0.2) is 53.5 Å².